The summed E-state index contributed by atoms with van der Waals surface area (Å²) in [7, 11) is 0. The van der Waals surface area contributed by atoms with Crippen LogP contribution < -0.4 is 5.32 Å². The number of benzene rings is 1. The fourth-order valence-electron chi connectivity index (χ4n) is 3.64. The summed E-state index contributed by atoms with van der Waals surface area (Å²) in [5.41, 5.74) is 4.21. The lowest BCUT2D eigenvalue weighted by Crippen LogP contribution is -2.37. The summed E-state index contributed by atoms with van der Waals surface area (Å²) in [6.07, 6.45) is 8.26. The lowest BCUT2D eigenvalue weighted by Gasteiger charge is -2.28. The zero-order chi connectivity index (χ0) is 15.6. The number of amides is 1. The standard InChI is InChI=1S/C20H23NOS/c22-20(15-7-3-8-15)21-19(18-9-4-12-23-18)17-11-10-14-5-1-2-6-16(14)13-17/h4,9-13,15,19H,1-3,5-8H2,(H,21,22)/t19-/m0/s1. The molecule has 1 saturated carbocycles. The highest BCUT2D eigenvalue weighted by Gasteiger charge is 2.28. The van der Waals surface area contributed by atoms with Crippen LogP contribution in [0.1, 0.15) is 59.7 Å². The molecule has 1 atom stereocenters. The Morgan fingerprint density at radius 3 is 2.61 bits per heavy atom. The maximum absolute atomic E-state index is 12.5. The van der Waals surface area contributed by atoms with Crippen LogP contribution in [0.25, 0.3) is 0 Å². The summed E-state index contributed by atoms with van der Waals surface area (Å²) in [6, 6.07) is 11.0. The molecule has 2 aliphatic carbocycles. The molecule has 0 bridgehead atoms. The van der Waals surface area contributed by atoms with Gasteiger partial charge in [0.2, 0.25) is 5.91 Å². The average Bonchev–Trinajstić information content (AvgIpc) is 3.04. The van der Waals surface area contributed by atoms with Crippen LogP contribution in [-0.2, 0) is 17.6 Å². The van der Waals surface area contributed by atoms with E-state index in [1.807, 2.05) is 0 Å². The third-order valence-electron chi connectivity index (χ3n) is 5.30. The molecule has 4 rings (SSSR count). The Bertz CT molecular complexity index is 688. The molecule has 23 heavy (non-hydrogen) atoms. The Balaban J connectivity index is 1.63. The van der Waals surface area contributed by atoms with Crippen LogP contribution in [0.3, 0.4) is 0 Å². The maximum Gasteiger partial charge on any atom is 0.223 e. The second kappa shape index (κ2) is 6.48. The minimum Gasteiger partial charge on any atom is -0.344 e. The van der Waals surface area contributed by atoms with Crippen molar-refractivity contribution in [1.82, 2.24) is 5.32 Å². The summed E-state index contributed by atoms with van der Waals surface area (Å²) in [4.78, 5) is 13.7. The molecule has 0 spiro atoms. The molecule has 0 aliphatic heterocycles. The molecule has 1 fully saturated rings. The van der Waals surface area contributed by atoms with E-state index in [1.54, 1.807) is 11.3 Å². The van der Waals surface area contributed by atoms with Crippen molar-refractivity contribution in [3.8, 4) is 0 Å². The highest BCUT2D eigenvalue weighted by Crippen LogP contribution is 2.32. The maximum atomic E-state index is 12.5. The molecule has 0 unspecified atom stereocenters. The predicted octanol–water partition coefficient (Wildman–Crippen LogP) is 4.63. The molecule has 0 saturated heterocycles. The van der Waals surface area contributed by atoms with E-state index in [0.29, 0.717) is 0 Å². The molecule has 2 aliphatic rings. The van der Waals surface area contributed by atoms with Gasteiger partial charge in [0, 0.05) is 10.8 Å². The van der Waals surface area contributed by atoms with Crippen molar-refractivity contribution in [1.29, 1.82) is 0 Å². The number of nitrogens with one attached hydrogen (secondary N) is 1. The van der Waals surface area contributed by atoms with E-state index in [0.717, 1.165) is 12.8 Å². The van der Waals surface area contributed by atoms with Crippen LogP contribution in [-0.4, -0.2) is 5.91 Å². The monoisotopic (exact) mass is 325 g/mol. The van der Waals surface area contributed by atoms with Gasteiger partial charge < -0.3 is 5.32 Å². The van der Waals surface area contributed by atoms with Gasteiger partial charge in [-0.15, -0.1) is 11.3 Å². The van der Waals surface area contributed by atoms with Crippen LogP contribution in [0, 0.1) is 5.92 Å². The molecule has 1 aromatic carbocycles. The SMILES string of the molecule is O=C(N[C@@H](c1ccc2c(c1)CCCC2)c1cccs1)C1CCC1. The van der Waals surface area contributed by atoms with Gasteiger partial charge in [0.15, 0.2) is 0 Å². The van der Waals surface area contributed by atoms with Crippen molar-refractivity contribution in [3.05, 3.63) is 57.3 Å². The van der Waals surface area contributed by atoms with Gasteiger partial charge in [-0.2, -0.15) is 0 Å². The second-order valence-electron chi connectivity index (χ2n) is 6.82. The molecule has 1 amide bonds. The van der Waals surface area contributed by atoms with E-state index in [4.69, 9.17) is 0 Å². The molecule has 1 heterocycles. The van der Waals surface area contributed by atoms with Gasteiger partial charge >= 0.3 is 0 Å². The Morgan fingerprint density at radius 1 is 1.09 bits per heavy atom. The Labute approximate surface area is 141 Å². The first kappa shape index (κ1) is 14.9. The fraction of sp³-hybridized carbons (Fsp3) is 0.450. The third kappa shape index (κ3) is 3.07. The van der Waals surface area contributed by atoms with Gasteiger partial charge in [-0.05, 0) is 66.7 Å². The van der Waals surface area contributed by atoms with Crippen molar-refractivity contribution >= 4 is 17.2 Å². The summed E-state index contributed by atoms with van der Waals surface area (Å²) in [6.45, 7) is 0. The molecule has 2 nitrogen and oxygen atoms in total. The van der Waals surface area contributed by atoms with Gasteiger partial charge in [-0.25, -0.2) is 0 Å². The van der Waals surface area contributed by atoms with E-state index in [1.165, 1.54) is 53.7 Å². The first-order valence-corrected chi connectivity index (χ1v) is 9.65. The largest absolute Gasteiger partial charge is 0.344 e. The smallest absolute Gasteiger partial charge is 0.223 e. The number of thiophene rings is 1. The fourth-order valence-corrected chi connectivity index (χ4v) is 4.44. The molecule has 120 valence electrons. The Hall–Kier alpha value is -1.61. The van der Waals surface area contributed by atoms with Crippen molar-refractivity contribution in [3.63, 3.8) is 0 Å². The minimum atomic E-state index is 0.00956. The van der Waals surface area contributed by atoms with Crippen molar-refractivity contribution in [2.45, 2.75) is 51.0 Å². The summed E-state index contributed by atoms with van der Waals surface area (Å²) in [5.74, 6) is 0.461. The zero-order valence-electron chi connectivity index (χ0n) is 13.4. The predicted molar refractivity (Wildman–Crippen MR) is 94.7 cm³/mol. The minimum absolute atomic E-state index is 0.00956. The first-order valence-electron chi connectivity index (χ1n) is 8.77. The van der Waals surface area contributed by atoms with E-state index in [2.05, 4.69) is 41.0 Å². The summed E-state index contributed by atoms with van der Waals surface area (Å²) < 4.78 is 0. The van der Waals surface area contributed by atoms with Crippen LogP contribution >= 0.6 is 11.3 Å². The highest BCUT2D eigenvalue weighted by molar-refractivity contribution is 7.10. The molecule has 0 radical (unpaired) electrons. The first-order chi connectivity index (χ1) is 11.3. The van der Waals surface area contributed by atoms with Crippen LogP contribution in [0.5, 0.6) is 0 Å². The van der Waals surface area contributed by atoms with Crippen molar-refractivity contribution in [2.75, 3.05) is 0 Å². The van der Waals surface area contributed by atoms with E-state index < -0.39 is 0 Å². The Kier molecular flexibility index (Phi) is 4.21. The third-order valence-corrected chi connectivity index (χ3v) is 6.23. The van der Waals surface area contributed by atoms with Crippen LogP contribution in [0.15, 0.2) is 35.7 Å². The van der Waals surface area contributed by atoms with Crippen molar-refractivity contribution in [2.24, 2.45) is 5.92 Å². The van der Waals surface area contributed by atoms with E-state index >= 15 is 0 Å². The molecule has 3 heteroatoms. The highest BCUT2D eigenvalue weighted by atomic mass is 32.1. The second-order valence-corrected chi connectivity index (χ2v) is 7.80. The number of aryl methyl sites for hydroxylation is 2. The van der Waals surface area contributed by atoms with Crippen LogP contribution in [0.4, 0.5) is 0 Å². The van der Waals surface area contributed by atoms with Gasteiger partial charge in [-0.3, -0.25) is 4.79 Å². The lowest BCUT2D eigenvalue weighted by atomic mass is 9.84. The molecule has 2 aromatic rings. The molecular formula is C20H23NOS. The van der Waals surface area contributed by atoms with Gasteiger partial charge in [-0.1, -0.05) is 30.7 Å². The van der Waals surface area contributed by atoms with Gasteiger partial charge in [0.05, 0.1) is 6.04 Å². The average molecular weight is 325 g/mol. The molecule has 1 N–H and O–H groups in total. The van der Waals surface area contributed by atoms with Crippen LogP contribution in [0.2, 0.25) is 0 Å². The van der Waals surface area contributed by atoms with Crippen molar-refractivity contribution < 1.29 is 4.79 Å². The molecular weight excluding hydrogens is 302 g/mol. The summed E-state index contributed by atoms with van der Waals surface area (Å²) in [5, 5.41) is 5.41. The number of carbonyl (C=O) groups is 1. The zero-order valence-corrected chi connectivity index (χ0v) is 14.2. The quantitative estimate of drug-likeness (QED) is 0.872. The lowest BCUT2D eigenvalue weighted by molar-refractivity contribution is -0.127. The Morgan fingerprint density at radius 2 is 1.91 bits per heavy atom. The normalized spacial score (nSPS) is 18.8. The number of fused-ring (bicyclic) bond motifs is 1. The van der Waals surface area contributed by atoms with Gasteiger partial charge in [0.1, 0.15) is 0 Å². The number of carbonyl (C=O) groups excluding carboxylic acids is 1. The topological polar surface area (TPSA) is 29.1 Å². The summed E-state index contributed by atoms with van der Waals surface area (Å²) >= 11 is 1.73. The number of hydrogen-bond acceptors (Lipinski definition) is 2. The number of rotatable bonds is 4. The molecule has 1 aromatic heterocycles. The van der Waals surface area contributed by atoms with Gasteiger partial charge in [0.25, 0.3) is 0 Å². The van der Waals surface area contributed by atoms with E-state index in [9.17, 15) is 4.79 Å². The number of hydrogen-bond donors (Lipinski definition) is 1. The van der Waals surface area contributed by atoms with E-state index in [-0.39, 0.29) is 17.9 Å².